The van der Waals surface area contributed by atoms with Crippen LogP contribution in [-0.4, -0.2) is 15.3 Å². The lowest BCUT2D eigenvalue weighted by Gasteiger charge is -2.11. The van der Waals surface area contributed by atoms with Crippen LogP contribution in [0.4, 0.5) is 14.5 Å². The average molecular weight is 443 g/mol. The minimum Gasteiger partial charge on any atom is -0.485 e. The number of hydrogen-bond donors (Lipinski definition) is 1. The number of nitrogens with one attached hydrogen (secondary N) is 1. The first-order valence-corrected chi connectivity index (χ1v) is 10.4. The monoisotopic (exact) mass is 443 g/mol. The highest BCUT2D eigenvalue weighted by atomic mass is 19.1. The number of carbonyl (C=O) groups excluding carboxylic acids is 1. The molecule has 2 aromatic heterocycles. The van der Waals surface area contributed by atoms with Gasteiger partial charge in [-0.05, 0) is 42.6 Å². The van der Waals surface area contributed by atoms with Crippen molar-refractivity contribution in [1.29, 1.82) is 0 Å². The molecule has 1 amide bonds. The molecule has 0 saturated carbocycles. The van der Waals surface area contributed by atoms with Crippen molar-refractivity contribution in [2.75, 3.05) is 5.32 Å². The minimum absolute atomic E-state index is 0.170. The van der Waals surface area contributed by atoms with E-state index in [9.17, 15) is 13.6 Å². The molecule has 33 heavy (non-hydrogen) atoms. The SMILES string of the molecule is Cc1nc2c(OCc3c(F)cccc3F)cccn2c1C(=O)Nc1cccc2ccccc12. The maximum absolute atomic E-state index is 14.0. The number of ether oxygens (including phenoxy) is 1. The van der Waals surface area contributed by atoms with Crippen LogP contribution in [0.2, 0.25) is 0 Å². The van der Waals surface area contributed by atoms with Gasteiger partial charge in [0.1, 0.15) is 23.9 Å². The average Bonchev–Trinajstić information content (AvgIpc) is 3.15. The maximum atomic E-state index is 14.0. The van der Waals surface area contributed by atoms with E-state index in [2.05, 4.69) is 10.3 Å². The summed E-state index contributed by atoms with van der Waals surface area (Å²) < 4.78 is 35.2. The van der Waals surface area contributed by atoms with Crippen LogP contribution in [-0.2, 0) is 6.61 Å². The number of anilines is 1. The molecule has 0 fully saturated rings. The van der Waals surface area contributed by atoms with Crippen molar-refractivity contribution in [3.05, 3.63) is 108 Å². The molecule has 164 valence electrons. The van der Waals surface area contributed by atoms with Crippen LogP contribution in [0.15, 0.2) is 79.0 Å². The summed E-state index contributed by atoms with van der Waals surface area (Å²) in [5.74, 6) is -1.38. The Kier molecular flexibility index (Phi) is 5.22. The molecule has 5 nitrogen and oxygen atoms in total. The largest absolute Gasteiger partial charge is 0.485 e. The topological polar surface area (TPSA) is 55.6 Å². The maximum Gasteiger partial charge on any atom is 0.274 e. The lowest BCUT2D eigenvalue weighted by atomic mass is 10.1. The van der Waals surface area contributed by atoms with Gasteiger partial charge in [0, 0.05) is 17.3 Å². The van der Waals surface area contributed by atoms with Crippen LogP contribution in [0, 0.1) is 18.6 Å². The molecular formula is C26H19F2N3O2. The van der Waals surface area contributed by atoms with Crippen LogP contribution in [0.25, 0.3) is 16.4 Å². The standard InChI is InChI=1S/C26H19F2N3O2/c1-16-24(26(32)30-22-12-4-8-17-7-2-3-9-18(17)22)31-14-6-13-23(25(31)29-16)33-15-19-20(27)10-5-11-21(19)28/h2-14H,15H2,1H3,(H,30,32). The molecule has 0 radical (unpaired) electrons. The Hall–Kier alpha value is -4.26. The van der Waals surface area contributed by atoms with Gasteiger partial charge in [-0.2, -0.15) is 0 Å². The molecule has 0 atom stereocenters. The Bertz CT molecular complexity index is 1490. The zero-order valence-corrected chi connectivity index (χ0v) is 17.7. The summed E-state index contributed by atoms with van der Waals surface area (Å²) in [6, 6.07) is 20.5. The Morgan fingerprint density at radius 1 is 0.970 bits per heavy atom. The second-order valence-corrected chi connectivity index (χ2v) is 7.58. The molecule has 0 bridgehead atoms. The van der Waals surface area contributed by atoms with Gasteiger partial charge in [0.25, 0.3) is 5.91 Å². The summed E-state index contributed by atoms with van der Waals surface area (Å²) in [6.07, 6.45) is 1.70. The molecule has 0 aliphatic carbocycles. The van der Waals surface area contributed by atoms with E-state index in [0.29, 0.717) is 28.5 Å². The van der Waals surface area contributed by atoms with Crippen LogP contribution in [0.3, 0.4) is 0 Å². The van der Waals surface area contributed by atoms with Crippen molar-refractivity contribution in [3.63, 3.8) is 0 Å². The molecule has 0 saturated heterocycles. The van der Waals surface area contributed by atoms with Crippen molar-refractivity contribution in [2.24, 2.45) is 0 Å². The second kappa shape index (κ2) is 8.35. The smallest absolute Gasteiger partial charge is 0.274 e. The number of aryl methyl sites for hydroxylation is 1. The van der Waals surface area contributed by atoms with Crippen LogP contribution in [0.5, 0.6) is 5.75 Å². The summed E-state index contributed by atoms with van der Waals surface area (Å²) in [4.78, 5) is 17.7. The number of imidazole rings is 1. The molecule has 0 unspecified atom stereocenters. The fourth-order valence-corrected chi connectivity index (χ4v) is 3.88. The van der Waals surface area contributed by atoms with Crippen LogP contribution in [0.1, 0.15) is 21.7 Å². The van der Waals surface area contributed by atoms with Gasteiger partial charge in [-0.1, -0.05) is 42.5 Å². The summed E-state index contributed by atoms with van der Waals surface area (Å²) in [6.45, 7) is 1.42. The Labute approximate surface area is 188 Å². The number of nitrogens with zero attached hydrogens (tertiary/aromatic N) is 2. The molecule has 0 aliphatic rings. The van der Waals surface area contributed by atoms with E-state index >= 15 is 0 Å². The molecule has 1 N–H and O–H groups in total. The third-order valence-electron chi connectivity index (χ3n) is 5.48. The van der Waals surface area contributed by atoms with Crippen molar-refractivity contribution >= 4 is 28.0 Å². The van der Waals surface area contributed by atoms with E-state index in [4.69, 9.17) is 4.74 Å². The Morgan fingerprint density at radius 2 is 1.70 bits per heavy atom. The molecule has 0 aliphatic heterocycles. The zero-order valence-electron chi connectivity index (χ0n) is 17.7. The number of carbonyl (C=O) groups is 1. The molecule has 2 heterocycles. The van der Waals surface area contributed by atoms with Gasteiger partial charge in [-0.15, -0.1) is 0 Å². The van der Waals surface area contributed by atoms with Gasteiger partial charge in [0.05, 0.1) is 11.3 Å². The summed E-state index contributed by atoms with van der Waals surface area (Å²) >= 11 is 0. The first-order valence-electron chi connectivity index (χ1n) is 10.4. The third kappa shape index (κ3) is 3.78. The number of fused-ring (bicyclic) bond motifs is 2. The number of pyridine rings is 1. The molecular weight excluding hydrogens is 424 g/mol. The predicted octanol–water partition coefficient (Wildman–Crippen LogP) is 5.91. The number of hydrogen-bond acceptors (Lipinski definition) is 3. The van der Waals surface area contributed by atoms with E-state index in [-0.39, 0.29) is 18.1 Å². The number of halogens is 2. The van der Waals surface area contributed by atoms with Gasteiger partial charge in [0.2, 0.25) is 0 Å². The number of benzene rings is 3. The van der Waals surface area contributed by atoms with E-state index in [1.165, 1.54) is 18.2 Å². The quantitative estimate of drug-likeness (QED) is 0.368. The lowest BCUT2D eigenvalue weighted by Crippen LogP contribution is -2.16. The van der Waals surface area contributed by atoms with Crippen molar-refractivity contribution in [1.82, 2.24) is 9.38 Å². The normalized spacial score (nSPS) is 11.1. The first-order chi connectivity index (χ1) is 16.0. The number of rotatable bonds is 5. The first kappa shape index (κ1) is 20.6. The van der Waals surface area contributed by atoms with E-state index in [1.54, 1.807) is 29.7 Å². The molecule has 5 aromatic rings. The fraction of sp³-hybridized carbons (Fsp3) is 0.0769. The lowest BCUT2D eigenvalue weighted by molar-refractivity contribution is 0.102. The van der Waals surface area contributed by atoms with Gasteiger partial charge in [0.15, 0.2) is 11.4 Å². The van der Waals surface area contributed by atoms with E-state index < -0.39 is 11.6 Å². The summed E-state index contributed by atoms with van der Waals surface area (Å²) in [5, 5.41) is 4.91. The minimum atomic E-state index is -0.684. The zero-order chi connectivity index (χ0) is 22.9. The van der Waals surface area contributed by atoms with Gasteiger partial charge >= 0.3 is 0 Å². The van der Waals surface area contributed by atoms with E-state index in [1.807, 2.05) is 42.5 Å². The highest BCUT2D eigenvalue weighted by Gasteiger charge is 2.20. The summed E-state index contributed by atoms with van der Waals surface area (Å²) in [5.41, 5.74) is 1.75. The van der Waals surface area contributed by atoms with E-state index in [0.717, 1.165) is 10.8 Å². The van der Waals surface area contributed by atoms with Crippen molar-refractivity contribution in [2.45, 2.75) is 13.5 Å². The summed E-state index contributed by atoms with van der Waals surface area (Å²) in [7, 11) is 0. The molecule has 3 aromatic carbocycles. The van der Waals surface area contributed by atoms with Crippen LogP contribution >= 0.6 is 0 Å². The van der Waals surface area contributed by atoms with Crippen LogP contribution < -0.4 is 10.1 Å². The van der Waals surface area contributed by atoms with Gasteiger partial charge in [-0.25, -0.2) is 13.8 Å². The Balaban J connectivity index is 1.47. The third-order valence-corrected chi connectivity index (χ3v) is 5.48. The predicted molar refractivity (Wildman–Crippen MR) is 123 cm³/mol. The fourth-order valence-electron chi connectivity index (χ4n) is 3.88. The van der Waals surface area contributed by atoms with Crippen molar-refractivity contribution < 1.29 is 18.3 Å². The highest BCUT2D eigenvalue weighted by molar-refractivity contribution is 6.09. The number of amides is 1. The number of aromatic nitrogens is 2. The van der Waals surface area contributed by atoms with Crippen molar-refractivity contribution in [3.8, 4) is 5.75 Å². The Morgan fingerprint density at radius 3 is 2.52 bits per heavy atom. The highest BCUT2D eigenvalue weighted by Crippen LogP contribution is 2.27. The second-order valence-electron chi connectivity index (χ2n) is 7.58. The molecule has 5 rings (SSSR count). The van der Waals surface area contributed by atoms with Gasteiger partial charge in [-0.3, -0.25) is 9.20 Å². The molecule has 7 heteroatoms. The van der Waals surface area contributed by atoms with Gasteiger partial charge < -0.3 is 10.1 Å². The molecule has 0 spiro atoms.